The third kappa shape index (κ3) is 5.85. The van der Waals surface area contributed by atoms with E-state index in [1.807, 2.05) is 0 Å². The number of hydrogen-bond donors (Lipinski definition) is 2. The van der Waals surface area contributed by atoms with E-state index >= 15 is 0 Å². The van der Waals surface area contributed by atoms with Crippen LogP contribution in [0, 0.1) is 11.8 Å². The van der Waals surface area contributed by atoms with Gasteiger partial charge in [0.2, 0.25) is 11.8 Å². The Morgan fingerprint density at radius 1 is 1.06 bits per heavy atom. The average Bonchev–Trinajstić information content (AvgIpc) is 2.77. The number of Topliss-reactive ketones (excluding diaryl/α,β-unsaturated/α-hetero) is 1. The molecule has 35 heavy (non-hydrogen) atoms. The maximum atomic E-state index is 13.4. The second kappa shape index (κ2) is 9.99. The Bertz CT molecular complexity index is 1210. The minimum Gasteiger partial charge on any atom is -0.325 e. The van der Waals surface area contributed by atoms with E-state index < -0.39 is 53.2 Å². The summed E-state index contributed by atoms with van der Waals surface area (Å²) in [5.41, 5.74) is -2.99. The summed E-state index contributed by atoms with van der Waals surface area (Å²) in [6, 6.07) is 5.48. The summed E-state index contributed by atoms with van der Waals surface area (Å²) < 4.78 is 81.2. The second-order valence-corrected chi connectivity index (χ2v) is 8.40. The van der Waals surface area contributed by atoms with Gasteiger partial charge in [0.25, 0.3) is 0 Å². The third-order valence-corrected chi connectivity index (χ3v) is 6.09. The van der Waals surface area contributed by atoms with Crippen LogP contribution in [0.2, 0.25) is 0 Å². The summed E-state index contributed by atoms with van der Waals surface area (Å²) in [5, 5.41) is 2.43. The van der Waals surface area contributed by atoms with Crippen LogP contribution in [0.5, 0.6) is 0 Å². The van der Waals surface area contributed by atoms with E-state index in [1.165, 1.54) is 30.4 Å². The Morgan fingerprint density at radius 3 is 2.34 bits per heavy atom. The highest BCUT2D eigenvalue weighted by Crippen LogP contribution is 2.38. The summed E-state index contributed by atoms with van der Waals surface area (Å²) in [4.78, 5) is 37.4. The van der Waals surface area contributed by atoms with Crippen molar-refractivity contribution < 1.29 is 40.7 Å². The molecule has 2 aromatic carbocycles. The predicted molar refractivity (Wildman–Crippen MR) is 123 cm³/mol. The highest BCUT2D eigenvalue weighted by Gasteiger charge is 2.38. The van der Waals surface area contributed by atoms with Crippen molar-refractivity contribution in [1.29, 1.82) is 0 Å². The van der Waals surface area contributed by atoms with Gasteiger partial charge in [-0.05, 0) is 23.8 Å². The molecule has 1 aliphatic rings. The smallest absolute Gasteiger partial charge is 0.325 e. The van der Waals surface area contributed by atoms with Crippen LogP contribution in [0.4, 0.5) is 32.0 Å². The molecule has 2 aromatic rings. The lowest BCUT2D eigenvalue weighted by Gasteiger charge is -2.24. The highest BCUT2D eigenvalue weighted by molar-refractivity contribution is 14.1. The van der Waals surface area contributed by atoms with Gasteiger partial charge in [0.05, 0.1) is 46.3 Å². The van der Waals surface area contributed by atoms with Gasteiger partial charge in [0.1, 0.15) is 0 Å². The molecular weight excluding hydrogens is 593 g/mol. The van der Waals surface area contributed by atoms with Crippen molar-refractivity contribution in [2.45, 2.75) is 25.7 Å². The van der Waals surface area contributed by atoms with Crippen LogP contribution < -0.4 is 8.85 Å². The number of fused-ring (bicyclic) bond motifs is 1. The van der Waals surface area contributed by atoms with Gasteiger partial charge < -0.3 is 5.32 Å². The molecule has 0 heterocycles. The van der Waals surface area contributed by atoms with E-state index in [9.17, 15) is 40.7 Å². The topological polar surface area (TPSA) is 75.3 Å². The minimum atomic E-state index is -5.10. The number of halogens is 7. The van der Waals surface area contributed by atoms with Crippen LogP contribution in [0.1, 0.15) is 39.5 Å². The van der Waals surface area contributed by atoms with Gasteiger partial charge in [-0.2, -0.15) is 26.3 Å². The lowest BCUT2D eigenvalue weighted by molar-refractivity contribution is -0.143. The number of anilines is 1. The van der Waals surface area contributed by atoms with Gasteiger partial charge in [-0.3, -0.25) is 17.9 Å². The maximum Gasteiger partial charge on any atom is 0.416 e. The first kappa shape index (κ1) is 26.7. The van der Waals surface area contributed by atoms with Crippen molar-refractivity contribution in [3.63, 3.8) is 0 Å². The number of benzene rings is 2. The fourth-order valence-corrected chi connectivity index (χ4v) is 4.21. The van der Waals surface area contributed by atoms with Crippen LogP contribution in [-0.2, 0) is 28.4 Å². The number of carbonyl (C=O) groups excluding carboxylic acids is 3. The van der Waals surface area contributed by atoms with E-state index in [0.717, 1.165) is 0 Å². The Balaban J connectivity index is 1.86. The molecule has 0 radical (unpaired) electrons. The van der Waals surface area contributed by atoms with Gasteiger partial charge in [0.15, 0.2) is 5.78 Å². The average molecular weight is 610 g/mol. The van der Waals surface area contributed by atoms with Gasteiger partial charge >= 0.3 is 12.4 Å². The second-order valence-electron chi connectivity index (χ2n) is 7.86. The molecule has 2 amide bonds. The maximum absolute atomic E-state index is 13.4. The molecule has 5 nitrogen and oxygen atoms in total. The number of allylic oxidation sites excluding steroid dienone is 1. The van der Waals surface area contributed by atoms with Crippen LogP contribution in [0.25, 0.3) is 6.08 Å². The largest absolute Gasteiger partial charge is 0.416 e. The molecule has 3 rings (SSSR count). The highest BCUT2D eigenvalue weighted by atomic mass is 127. The fraction of sp³-hybridized carbons (Fsp3) is 0.261. The quantitative estimate of drug-likeness (QED) is 0.254. The van der Waals surface area contributed by atoms with Gasteiger partial charge in [-0.1, -0.05) is 37.3 Å². The zero-order valence-electron chi connectivity index (χ0n) is 17.9. The number of nitrogens with one attached hydrogen (secondary N) is 2. The number of alkyl halides is 6. The number of ketones is 1. The molecule has 2 N–H and O–H groups in total. The van der Waals surface area contributed by atoms with Crippen molar-refractivity contribution in [3.05, 3.63) is 70.3 Å². The Hall–Kier alpha value is -2.90. The van der Waals surface area contributed by atoms with Crippen LogP contribution in [-0.4, -0.2) is 17.6 Å². The predicted octanol–water partition coefficient (Wildman–Crippen LogP) is 5.83. The summed E-state index contributed by atoms with van der Waals surface area (Å²) in [7, 11) is 0. The van der Waals surface area contributed by atoms with Gasteiger partial charge in [-0.15, -0.1) is 0 Å². The number of hydrogen-bond acceptors (Lipinski definition) is 3. The van der Waals surface area contributed by atoms with Crippen molar-refractivity contribution in [2.75, 3.05) is 5.32 Å². The third-order valence-electron chi connectivity index (χ3n) is 5.56. The van der Waals surface area contributed by atoms with Crippen molar-refractivity contribution in [1.82, 2.24) is 3.53 Å². The number of rotatable bonds is 5. The molecule has 186 valence electrons. The van der Waals surface area contributed by atoms with Crippen molar-refractivity contribution in [3.8, 4) is 0 Å². The normalized spacial score (nSPS) is 16.5. The van der Waals surface area contributed by atoms with E-state index in [0.29, 0.717) is 17.7 Å². The number of carbonyl (C=O) groups is 3. The molecule has 0 spiro atoms. The monoisotopic (exact) mass is 610 g/mol. The summed E-state index contributed by atoms with van der Waals surface area (Å²) in [6.45, 7) is 1.58. The molecule has 12 heteroatoms. The number of amides is 2. The molecule has 2 atom stereocenters. The van der Waals surface area contributed by atoms with E-state index in [2.05, 4.69) is 8.85 Å². The Labute approximate surface area is 209 Å². The molecule has 1 aliphatic carbocycles. The molecule has 0 fully saturated rings. The summed E-state index contributed by atoms with van der Waals surface area (Å²) in [5.74, 6) is -3.04. The standard InChI is InChI=1S/C23H17F6IN2O3/c1-11(21(35)32-30)14-7-8-15-16(20(14)34)3-2-4-18(15)31-19(33)9-12-5-6-13(22(24,25)26)10-17(12)23(27,28)29/h2-8,10-11,14H,9H2,1H3,(H,31,33)(H,32,35)/t11-,14?/m0/s1. The molecule has 1 unspecified atom stereocenters. The lowest BCUT2D eigenvalue weighted by atomic mass is 9.80. The van der Waals surface area contributed by atoms with E-state index in [-0.39, 0.29) is 29.0 Å². The molecular formula is C23H17F6IN2O3. The van der Waals surface area contributed by atoms with E-state index in [4.69, 9.17) is 0 Å². The molecule has 0 saturated heterocycles. The van der Waals surface area contributed by atoms with Crippen molar-refractivity contribution >= 4 is 52.2 Å². The van der Waals surface area contributed by atoms with Gasteiger partial charge in [-0.25, -0.2) is 0 Å². The van der Waals surface area contributed by atoms with Crippen LogP contribution in [0.3, 0.4) is 0 Å². The lowest BCUT2D eigenvalue weighted by Crippen LogP contribution is -2.33. The Morgan fingerprint density at radius 2 is 1.74 bits per heavy atom. The summed E-state index contributed by atoms with van der Waals surface area (Å²) >= 11 is 1.66. The zero-order valence-corrected chi connectivity index (χ0v) is 20.0. The first-order chi connectivity index (χ1) is 16.2. The molecule has 0 aliphatic heterocycles. The molecule has 0 aromatic heterocycles. The van der Waals surface area contributed by atoms with Crippen molar-refractivity contribution in [2.24, 2.45) is 11.8 Å². The Kier molecular flexibility index (Phi) is 7.62. The zero-order chi connectivity index (χ0) is 26.1. The van der Waals surface area contributed by atoms with E-state index in [1.54, 1.807) is 29.8 Å². The van der Waals surface area contributed by atoms with Crippen LogP contribution in [0.15, 0.2) is 42.5 Å². The SMILES string of the molecule is C[C@H](C(=O)NI)C1C=Cc2c(NC(=O)Cc3ccc(C(F)(F)F)cc3C(F)(F)F)cccc2C1=O. The molecule has 0 bridgehead atoms. The minimum absolute atomic E-state index is 0.0262. The first-order valence-electron chi connectivity index (χ1n) is 10.1. The van der Waals surface area contributed by atoms with Crippen LogP contribution >= 0.6 is 22.9 Å². The summed E-state index contributed by atoms with van der Waals surface area (Å²) in [6.07, 6.45) is -7.88. The fourth-order valence-electron chi connectivity index (χ4n) is 3.72. The van der Waals surface area contributed by atoms with Gasteiger partial charge in [0, 0.05) is 22.7 Å². The molecule has 0 saturated carbocycles. The first-order valence-corrected chi connectivity index (χ1v) is 11.1.